The Labute approximate surface area is 129 Å². The van der Waals surface area contributed by atoms with Crippen molar-refractivity contribution >= 4 is 23.2 Å². The third kappa shape index (κ3) is 2.73. The topological polar surface area (TPSA) is 17.0 Å². The highest BCUT2D eigenvalue weighted by molar-refractivity contribution is 6.33. The molecule has 1 N–H and O–H groups in total. The number of aromatic nitrogens is 1. The van der Waals surface area contributed by atoms with Crippen LogP contribution in [-0.2, 0) is 13.0 Å². The van der Waals surface area contributed by atoms with Crippen molar-refractivity contribution in [2.45, 2.75) is 31.8 Å². The van der Waals surface area contributed by atoms with Crippen LogP contribution in [0.25, 0.3) is 0 Å². The summed E-state index contributed by atoms with van der Waals surface area (Å²) in [5, 5.41) is 4.90. The molecule has 106 valence electrons. The molecule has 2 aromatic rings. The quantitative estimate of drug-likeness (QED) is 0.887. The van der Waals surface area contributed by atoms with E-state index in [0.29, 0.717) is 6.04 Å². The number of nitrogens with one attached hydrogen (secondary N) is 1. The maximum Gasteiger partial charge on any atom is 0.0485 e. The first-order chi connectivity index (χ1) is 9.67. The van der Waals surface area contributed by atoms with Gasteiger partial charge in [-0.1, -0.05) is 23.2 Å². The largest absolute Gasteiger partial charge is 0.349 e. The number of nitrogens with zero attached hydrogens (tertiary/aromatic N) is 1. The van der Waals surface area contributed by atoms with Crippen molar-refractivity contribution in [2.75, 3.05) is 7.05 Å². The Balaban J connectivity index is 1.88. The zero-order chi connectivity index (χ0) is 14.1. The van der Waals surface area contributed by atoms with E-state index in [-0.39, 0.29) is 0 Å². The second-order valence-electron chi connectivity index (χ2n) is 5.38. The Morgan fingerprint density at radius 1 is 1.30 bits per heavy atom. The Hall–Kier alpha value is -0.960. The van der Waals surface area contributed by atoms with Crippen molar-refractivity contribution in [2.24, 2.45) is 0 Å². The van der Waals surface area contributed by atoms with Crippen molar-refractivity contribution in [3.8, 4) is 0 Å². The second-order valence-corrected chi connectivity index (χ2v) is 6.22. The summed E-state index contributed by atoms with van der Waals surface area (Å²) in [6, 6.07) is 6.11. The Morgan fingerprint density at radius 3 is 2.95 bits per heavy atom. The highest BCUT2D eigenvalue weighted by atomic mass is 35.5. The number of benzene rings is 1. The minimum absolute atomic E-state index is 0.481. The lowest BCUT2D eigenvalue weighted by Crippen LogP contribution is -2.20. The lowest BCUT2D eigenvalue weighted by molar-refractivity contribution is 0.498. The standard InChI is InChI=1S/C16H18Cl2N2/c1-19-16-4-2-3-11-8-20(10-14(11)16)9-12-7-13(17)5-6-15(12)18/h5-8,10,16,19H,2-4,9H2,1H3. The lowest BCUT2D eigenvalue weighted by atomic mass is 9.91. The van der Waals surface area contributed by atoms with Crippen LogP contribution in [0.4, 0.5) is 0 Å². The summed E-state index contributed by atoms with van der Waals surface area (Å²) in [6.07, 6.45) is 8.12. The van der Waals surface area contributed by atoms with Crippen molar-refractivity contribution in [1.82, 2.24) is 9.88 Å². The van der Waals surface area contributed by atoms with Gasteiger partial charge in [-0.2, -0.15) is 0 Å². The van der Waals surface area contributed by atoms with Gasteiger partial charge in [0.15, 0.2) is 0 Å². The van der Waals surface area contributed by atoms with Crippen molar-refractivity contribution in [3.05, 3.63) is 57.3 Å². The van der Waals surface area contributed by atoms with Crippen molar-refractivity contribution < 1.29 is 0 Å². The van der Waals surface area contributed by atoms with Crippen LogP contribution in [-0.4, -0.2) is 11.6 Å². The molecule has 1 atom stereocenters. The lowest BCUT2D eigenvalue weighted by Gasteiger charge is -2.21. The monoisotopic (exact) mass is 308 g/mol. The molecule has 4 heteroatoms. The maximum atomic E-state index is 6.24. The highest BCUT2D eigenvalue weighted by Gasteiger charge is 2.20. The molecule has 0 bridgehead atoms. The van der Waals surface area contributed by atoms with Gasteiger partial charge in [0.2, 0.25) is 0 Å². The molecule has 20 heavy (non-hydrogen) atoms. The number of hydrogen-bond acceptors (Lipinski definition) is 1. The predicted octanol–water partition coefficient (Wildman–Crippen LogP) is 4.44. The van der Waals surface area contributed by atoms with E-state index in [4.69, 9.17) is 23.2 Å². The average Bonchev–Trinajstić information content (AvgIpc) is 2.85. The third-order valence-corrected chi connectivity index (χ3v) is 4.62. The van der Waals surface area contributed by atoms with Gasteiger partial charge in [-0.05, 0) is 61.2 Å². The van der Waals surface area contributed by atoms with Crippen LogP contribution in [0.2, 0.25) is 10.0 Å². The molecule has 0 amide bonds. The van der Waals surface area contributed by atoms with Gasteiger partial charge in [0.1, 0.15) is 0 Å². The number of halogens is 2. The summed E-state index contributed by atoms with van der Waals surface area (Å²) in [5.74, 6) is 0. The molecule has 1 aromatic carbocycles. The molecule has 0 saturated carbocycles. The van der Waals surface area contributed by atoms with Crippen LogP contribution in [0.15, 0.2) is 30.6 Å². The molecule has 0 radical (unpaired) electrons. The Morgan fingerprint density at radius 2 is 2.15 bits per heavy atom. The number of fused-ring (bicyclic) bond motifs is 1. The van der Waals surface area contributed by atoms with Gasteiger partial charge in [0.05, 0.1) is 0 Å². The van der Waals surface area contributed by atoms with Gasteiger partial charge >= 0.3 is 0 Å². The Bertz CT molecular complexity index is 619. The highest BCUT2D eigenvalue weighted by Crippen LogP contribution is 2.31. The first-order valence-electron chi connectivity index (χ1n) is 6.97. The van der Waals surface area contributed by atoms with Gasteiger partial charge in [-0.25, -0.2) is 0 Å². The molecule has 0 saturated heterocycles. The maximum absolute atomic E-state index is 6.24. The van der Waals surface area contributed by atoms with E-state index >= 15 is 0 Å². The summed E-state index contributed by atoms with van der Waals surface area (Å²) >= 11 is 12.3. The normalized spacial score (nSPS) is 18.1. The molecule has 1 aromatic heterocycles. The summed E-state index contributed by atoms with van der Waals surface area (Å²) in [7, 11) is 2.03. The van der Waals surface area contributed by atoms with Gasteiger partial charge in [-0.3, -0.25) is 0 Å². The number of rotatable bonds is 3. The van der Waals surface area contributed by atoms with Crippen LogP contribution in [0.1, 0.15) is 35.6 Å². The van der Waals surface area contributed by atoms with Gasteiger partial charge < -0.3 is 9.88 Å². The third-order valence-electron chi connectivity index (χ3n) is 4.02. The molecular weight excluding hydrogens is 291 g/mol. The summed E-state index contributed by atoms with van der Waals surface area (Å²) in [6.45, 7) is 0.767. The average molecular weight is 309 g/mol. The molecule has 1 aliphatic rings. The SMILES string of the molecule is CNC1CCCc2cn(Cc3cc(Cl)ccc3Cl)cc21. The van der Waals surface area contributed by atoms with Gasteiger partial charge in [0, 0.05) is 35.0 Å². The molecule has 0 spiro atoms. The fourth-order valence-electron chi connectivity index (χ4n) is 3.00. The molecular formula is C16H18Cl2N2. The molecule has 1 heterocycles. The van der Waals surface area contributed by atoms with Gasteiger partial charge in [0.25, 0.3) is 0 Å². The van der Waals surface area contributed by atoms with Crippen LogP contribution in [0, 0.1) is 0 Å². The van der Waals surface area contributed by atoms with E-state index in [1.807, 2.05) is 25.2 Å². The minimum Gasteiger partial charge on any atom is -0.349 e. The van der Waals surface area contributed by atoms with E-state index in [2.05, 4.69) is 22.3 Å². The molecule has 0 fully saturated rings. The second kappa shape index (κ2) is 5.80. The molecule has 3 rings (SSSR count). The van der Waals surface area contributed by atoms with E-state index in [1.165, 1.54) is 30.4 Å². The smallest absolute Gasteiger partial charge is 0.0485 e. The molecule has 1 unspecified atom stereocenters. The van der Waals surface area contributed by atoms with Gasteiger partial charge in [-0.15, -0.1) is 0 Å². The number of hydrogen-bond donors (Lipinski definition) is 1. The van der Waals surface area contributed by atoms with E-state index in [9.17, 15) is 0 Å². The summed E-state index contributed by atoms with van der Waals surface area (Å²) in [4.78, 5) is 0. The van der Waals surface area contributed by atoms with Crippen LogP contribution in [0.5, 0.6) is 0 Å². The zero-order valence-electron chi connectivity index (χ0n) is 11.5. The molecule has 2 nitrogen and oxygen atoms in total. The number of aryl methyl sites for hydroxylation is 1. The van der Waals surface area contributed by atoms with Crippen molar-refractivity contribution in [3.63, 3.8) is 0 Å². The van der Waals surface area contributed by atoms with Crippen molar-refractivity contribution in [1.29, 1.82) is 0 Å². The predicted molar refractivity (Wildman–Crippen MR) is 84.7 cm³/mol. The zero-order valence-corrected chi connectivity index (χ0v) is 13.0. The fraction of sp³-hybridized carbons (Fsp3) is 0.375. The van der Waals surface area contributed by atoms with E-state index in [0.717, 1.165) is 22.2 Å². The molecule has 1 aliphatic carbocycles. The first kappa shape index (κ1) is 14.0. The van der Waals surface area contributed by atoms with Crippen LogP contribution < -0.4 is 5.32 Å². The summed E-state index contributed by atoms with van der Waals surface area (Å²) in [5.41, 5.74) is 3.94. The molecule has 0 aliphatic heterocycles. The first-order valence-corrected chi connectivity index (χ1v) is 7.72. The van der Waals surface area contributed by atoms with E-state index in [1.54, 1.807) is 0 Å². The minimum atomic E-state index is 0.481. The van der Waals surface area contributed by atoms with Crippen LogP contribution in [0.3, 0.4) is 0 Å². The Kier molecular flexibility index (Phi) is 4.06. The van der Waals surface area contributed by atoms with Crippen LogP contribution >= 0.6 is 23.2 Å². The van der Waals surface area contributed by atoms with E-state index < -0.39 is 0 Å². The summed E-state index contributed by atoms with van der Waals surface area (Å²) < 4.78 is 2.22. The fourth-order valence-corrected chi connectivity index (χ4v) is 3.37.